The van der Waals surface area contributed by atoms with E-state index >= 15 is 0 Å². The summed E-state index contributed by atoms with van der Waals surface area (Å²) < 4.78 is 0. The Labute approximate surface area is 143 Å². The molecule has 0 unspecified atom stereocenters. The molecule has 0 atom stereocenters. The van der Waals surface area contributed by atoms with Crippen molar-refractivity contribution in [3.63, 3.8) is 0 Å². The summed E-state index contributed by atoms with van der Waals surface area (Å²) in [7, 11) is 0. The number of hydrogen-bond acceptors (Lipinski definition) is 3. The van der Waals surface area contributed by atoms with Crippen molar-refractivity contribution in [1.29, 1.82) is 0 Å². The number of benzene rings is 1. The average molecular weight is 354 g/mol. The Morgan fingerprint density at radius 2 is 2.00 bits per heavy atom. The first-order valence-corrected chi connectivity index (χ1v) is 7.03. The lowest BCUT2D eigenvalue weighted by molar-refractivity contribution is 0.108. The summed E-state index contributed by atoms with van der Waals surface area (Å²) in [6.45, 7) is 1.87. The summed E-state index contributed by atoms with van der Waals surface area (Å²) in [5, 5.41) is 0.783. The average Bonchev–Trinajstić information content (AvgIpc) is 2.51. The zero-order valence-corrected chi connectivity index (χ0v) is 13.8. The number of aromatic nitrogens is 2. The zero-order chi connectivity index (χ0) is 15.0. The van der Waals surface area contributed by atoms with Gasteiger partial charge in [0.25, 0.3) is 5.24 Å². The van der Waals surface area contributed by atoms with Gasteiger partial charge in [0.15, 0.2) is 0 Å². The smallest absolute Gasteiger partial charge is 0.253 e. The molecule has 3 rings (SSSR count). The molecule has 2 aromatic heterocycles. The first kappa shape index (κ1) is 16.7. The van der Waals surface area contributed by atoms with Gasteiger partial charge in [0.1, 0.15) is 0 Å². The van der Waals surface area contributed by atoms with Gasteiger partial charge >= 0.3 is 0 Å². The van der Waals surface area contributed by atoms with Crippen molar-refractivity contribution in [3.05, 3.63) is 58.9 Å². The number of aryl methyl sites for hydroxylation is 1. The fourth-order valence-electron chi connectivity index (χ4n) is 2.23. The maximum atomic E-state index is 11.7. The second kappa shape index (κ2) is 6.61. The van der Waals surface area contributed by atoms with Crippen LogP contribution in [0.4, 0.5) is 0 Å². The molecule has 1 aromatic carbocycles. The highest BCUT2D eigenvalue weighted by Gasteiger charge is 2.14. The maximum absolute atomic E-state index is 11.7. The van der Waals surface area contributed by atoms with Crippen molar-refractivity contribution in [3.8, 4) is 11.3 Å². The van der Waals surface area contributed by atoms with Gasteiger partial charge in [-0.2, -0.15) is 0 Å². The minimum absolute atomic E-state index is 0. The number of rotatable bonds is 2. The fraction of sp³-hybridized carbons (Fsp3) is 0.0625. The van der Waals surface area contributed by atoms with E-state index in [1.807, 2.05) is 19.1 Å². The molecule has 0 radical (unpaired) electrons. The van der Waals surface area contributed by atoms with Gasteiger partial charge < -0.3 is 0 Å². The van der Waals surface area contributed by atoms with E-state index in [1.54, 1.807) is 30.6 Å². The van der Waals surface area contributed by atoms with Crippen molar-refractivity contribution in [2.45, 2.75) is 6.92 Å². The van der Waals surface area contributed by atoms with Gasteiger partial charge in [-0.05, 0) is 48.4 Å². The maximum Gasteiger partial charge on any atom is 0.253 e. The van der Waals surface area contributed by atoms with Gasteiger partial charge in [0.05, 0.1) is 11.2 Å². The SMILES string of the molecule is Cc1c(Cl)ccc2c(C(=O)Cl)cc(-c3cccnc3)nc12.Cl. The van der Waals surface area contributed by atoms with Crippen LogP contribution in [-0.2, 0) is 0 Å². The van der Waals surface area contributed by atoms with Crippen LogP contribution in [0.2, 0.25) is 5.02 Å². The normalized spacial score (nSPS) is 10.3. The number of nitrogens with zero attached hydrogens (tertiary/aromatic N) is 2. The molecule has 0 amide bonds. The Morgan fingerprint density at radius 3 is 2.64 bits per heavy atom. The molecule has 0 bridgehead atoms. The molecule has 0 aliphatic rings. The first-order chi connectivity index (χ1) is 10.1. The predicted molar refractivity (Wildman–Crippen MR) is 92.2 cm³/mol. The van der Waals surface area contributed by atoms with E-state index in [1.165, 1.54) is 0 Å². The molecule has 3 aromatic rings. The van der Waals surface area contributed by atoms with Crippen molar-refractivity contribution < 1.29 is 4.79 Å². The van der Waals surface area contributed by atoms with Gasteiger partial charge in [-0.25, -0.2) is 4.98 Å². The van der Waals surface area contributed by atoms with E-state index in [2.05, 4.69) is 9.97 Å². The Bertz CT molecular complexity index is 851. The van der Waals surface area contributed by atoms with Crippen LogP contribution in [0.3, 0.4) is 0 Å². The number of carbonyl (C=O) groups excluding carboxylic acids is 1. The summed E-state index contributed by atoms with van der Waals surface area (Å²) in [5.41, 5.74) is 3.37. The molecule has 3 nitrogen and oxygen atoms in total. The molecule has 22 heavy (non-hydrogen) atoms. The summed E-state index contributed by atoms with van der Waals surface area (Å²) in [6.07, 6.45) is 3.37. The van der Waals surface area contributed by atoms with Crippen molar-refractivity contribution >= 4 is 51.8 Å². The molecule has 2 heterocycles. The molecule has 0 spiro atoms. The number of halogens is 3. The zero-order valence-electron chi connectivity index (χ0n) is 11.5. The quantitative estimate of drug-likeness (QED) is 0.605. The van der Waals surface area contributed by atoms with E-state index in [9.17, 15) is 4.79 Å². The van der Waals surface area contributed by atoms with Crippen LogP contribution < -0.4 is 0 Å². The summed E-state index contributed by atoms with van der Waals surface area (Å²) >= 11 is 11.9. The summed E-state index contributed by atoms with van der Waals surface area (Å²) in [6, 6.07) is 8.88. The van der Waals surface area contributed by atoms with E-state index < -0.39 is 5.24 Å². The Balaban J connectivity index is 0.00000176. The second-order valence-electron chi connectivity index (χ2n) is 4.64. The highest BCUT2D eigenvalue weighted by molar-refractivity contribution is 6.68. The highest BCUT2D eigenvalue weighted by atomic mass is 35.5. The number of hydrogen-bond donors (Lipinski definition) is 0. The minimum atomic E-state index is -0.519. The molecule has 0 saturated carbocycles. The predicted octanol–water partition coefficient (Wildman–Crippen LogP) is 5.06. The third kappa shape index (κ3) is 2.93. The van der Waals surface area contributed by atoms with Crippen molar-refractivity contribution in [1.82, 2.24) is 9.97 Å². The van der Waals surface area contributed by atoms with Gasteiger partial charge in [-0.1, -0.05) is 17.7 Å². The molecule has 0 N–H and O–H groups in total. The largest absolute Gasteiger partial charge is 0.276 e. The molecular weight excluding hydrogens is 343 g/mol. The van der Waals surface area contributed by atoms with Crippen LogP contribution in [0.1, 0.15) is 15.9 Å². The van der Waals surface area contributed by atoms with Crippen LogP contribution in [0.15, 0.2) is 42.7 Å². The fourth-order valence-corrected chi connectivity index (χ4v) is 2.54. The van der Waals surface area contributed by atoms with Gasteiger partial charge in [0, 0.05) is 33.9 Å². The monoisotopic (exact) mass is 352 g/mol. The summed E-state index contributed by atoms with van der Waals surface area (Å²) in [5.74, 6) is 0. The summed E-state index contributed by atoms with van der Waals surface area (Å²) in [4.78, 5) is 20.4. The lowest BCUT2D eigenvalue weighted by atomic mass is 10.0. The van der Waals surface area contributed by atoms with Crippen LogP contribution in [0.5, 0.6) is 0 Å². The third-order valence-electron chi connectivity index (χ3n) is 3.34. The topological polar surface area (TPSA) is 42.9 Å². The molecule has 0 saturated heterocycles. The molecule has 0 aliphatic carbocycles. The third-order valence-corrected chi connectivity index (χ3v) is 3.95. The Kier molecular flexibility index (Phi) is 5.01. The first-order valence-electron chi connectivity index (χ1n) is 6.28. The lowest BCUT2D eigenvalue weighted by Gasteiger charge is -2.10. The van der Waals surface area contributed by atoms with E-state index in [0.717, 1.165) is 11.1 Å². The van der Waals surface area contributed by atoms with Crippen LogP contribution in [-0.4, -0.2) is 15.2 Å². The Hall–Kier alpha value is -1.68. The van der Waals surface area contributed by atoms with Gasteiger partial charge in [-0.15, -0.1) is 12.4 Å². The Morgan fingerprint density at radius 1 is 1.23 bits per heavy atom. The standard InChI is InChI=1S/C16H10Cl2N2O.ClH/c1-9-13(17)5-4-11-12(16(18)21)7-14(20-15(9)11)10-3-2-6-19-8-10;/h2-8H,1H3;1H. The molecule has 112 valence electrons. The molecule has 6 heteroatoms. The van der Waals surface area contributed by atoms with Gasteiger partial charge in [0.2, 0.25) is 0 Å². The molecule has 0 fully saturated rings. The van der Waals surface area contributed by atoms with Crippen LogP contribution >= 0.6 is 35.6 Å². The molecular formula is C16H11Cl3N2O. The molecule has 0 aliphatic heterocycles. The van der Waals surface area contributed by atoms with Gasteiger partial charge in [-0.3, -0.25) is 9.78 Å². The number of fused-ring (bicyclic) bond motifs is 1. The number of carbonyl (C=O) groups is 1. The van der Waals surface area contributed by atoms with Crippen molar-refractivity contribution in [2.24, 2.45) is 0 Å². The highest BCUT2D eigenvalue weighted by Crippen LogP contribution is 2.30. The van der Waals surface area contributed by atoms with E-state index in [4.69, 9.17) is 23.2 Å². The van der Waals surface area contributed by atoms with E-state index in [-0.39, 0.29) is 12.4 Å². The van der Waals surface area contributed by atoms with E-state index in [0.29, 0.717) is 27.2 Å². The number of pyridine rings is 2. The van der Waals surface area contributed by atoms with Crippen molar-refractivity contribution in [2.75, 3.05) is 0 Å². The van der Waals surface area contributed by atoms with Crippen LogP contribution in [0, 0.1) is 6.92 Å². The van der Waals surface area contributed by atoms with Crippen LogP contribution in [0.25, 0.3) is 22.2 Å². The minimum Gasteiger partial charge on any atom is -0.276 e. The second-order valence-corrected chi connectivity index (χ2v) is 5.39. The lowest BCUT2D eigenvalue weighted by Crippen LogP contribution is -1.97.